The Bertz CT molecular complexity index is 764. The summed E-state index contributed by atoms with van der Waals surface area (Å²) in [6.07, 6.45) is 4.34. The SMILES string of the molecule is COCc1c(C(=O)NC2CC3CCC(C2)N3)sc2cccc(F)c12. The first-order valence-electron chi connectivity index (χ1n) is 8.41. The number of amides is 1. The Morgan fingerprint density at radius 1 is 1.38 bits per heavy atom. The summed E-state index contributed by atoms with van der Waals surface area (Å²) in [7, 11) is 1.57. The average Bonchev–Trinajstić information content (AvgIpc) is 3.09. The summed E-state index contributed by atoms with van der Waals surface area (Å²) in [5.41, 5.74) is 0.657. The molecule has 2 unspecified atom stereocenters. The van der Waals surface area contributed by atoms with Crippen molar-refractivity contribution in [2.24, 2.45) is 0 Å². The standard InChI is InChI=1S/C18H21FN2O2S/c1-23-9-13-16-14(19)3-2-4-15(16)24-17(13)18(22)21-12-7-10-5-6-11(8-12)20-10/h2-4,10-12,20H,5-9H2,1H3,(H,21,22). The minimum Gasteiger partial charge on any atom is -0.380 e. The first kappa shape index (κ1) is 16.0. The molecule has 2 bridgehead atoms. The van der Waals surface area contributed by atoms with Gasteiger partial charge in [-0.15, -0.1) is 11.3 Å². The van der Waals surface area contributed by atoms with Crippen LogP contribution in [0.1, 0.15) is 40.9 Å². The normalized spacial score (nSPS) is 26.0. The summed E-state index contributed by atoms with van der Waals surface area (Å²) in [5, 5.41) is 7.26. The lowest BCUT2D eigenvalue weighted by atomic mass is 9.99. The second kappa shape index (κ2) is 6.43. The maximum Gasteiger partial charge on any atom is 0.261 e. The van der Waals surface area contributed by atoms with Crippen LogP contribution in [-0.4, -0.2) is 31.1 Å². The molecule has 3 heterocycles. The van der Waals surface area contributed by atoms with Crippen molar-refractivity contribution >= 4 is 27.3 Å². The van der Waals surface area contributed by atoms with Gasteiger partial charge in [0.05, 0.1) is 11.5 Å². The van der Waals surface area contributed by atoms with Gasteiger partial charge in [-0.05, 0) is 37.8 Å². The van der Waals surface area contributed by atoms with Crippen molar-refractivity contribution in [3.63, 3.8) is 0 Å². The molecule has 1 amide bonds. The predicted molar refractivity (Wildman–Crippen MR) is 92.9 cm³/mol. The van der Waals surface area contributed by atoms with Gasteiger partial charge in [-0.2, -0.15) is 0 Å². The van der Waals surface area contributed by atoms with Gasteiger partial charge in [0.25, 0.3) is 5.91 Å². The van der Waals surface area contributed by atoms with Crippen LogP contribution in [0.4, 0.5) is 4.39 Å². The number of piperidine rings is 1. The van der Waals surface area contributed by atoms with Gasteiger partial charge < -0.3 is 15.4 Å². The van der Waals surface area contributed by atoms with Crippen LogP contribution in [0.15, 0.2) is 18.2 Å². The fourth-order valence-electron chi connectivity index (χ4n) is 4.06. The summed E-state index contributed by atoms with van der Waals surface area (Å²) in [5.74, 6) is -0.399. The molecule has 0 spiro atoms. The van der Waals surface area contributed by atoms with Crippen molar-refractivity contribution in [3.8, 4) is 0 Å². The Labute approximate surface area is 144 Å². The van der Waals surface area contributed by atoms with E-state index in [0.29, 0.717) is 27.9 Å². The van der Waals surface area contributed by atoms with Crippen molar-refractivity contribution < 1.29 is 13.9 Å². The number of hydrogen-bond acceptors (Lipinski definition) is 4. The number of halogens is 1. The lowest BCUT2D eigenvalue weighted by Crippen LogP contribution is -2.48. The highest BCUT2D eigenvalue weighted by atomic mass is 32.1. The molecule has 1 aromatic heterocycles. The molecule has 0 saturated carbocycles. The number of carbonyl (C=O) groups is 1. The van der Waals surface area contributed by atoms with Crippen LogP contribution in [-0.2, 0) is 11.3 Å². The highest BCUT2D eigenvalue weighted by molar-refractivity contribution is 7.21. The van der Waals surface area contributed by atoms with Gasteiger partial charge in [-0.1, -0.05) is 6.07 Å². The number of rotatable bonds is 4. The van der Waals surface area contributed by atoms with Crippen molar-refractivity contribution in [1.29, 1.82) is 0 Å². The predicted octanol–water partition coefficient (Wildman–Crippen LogP) is 3.20. The zero-order valence-corrected chi connectivity index (χ0v) is 14.4. The molecule has 0 radical (unpaired) electrons. The zero-order chi connectivity index (χ0) is 16.7. The van der Waals surface area contributed by atoms with Crippen LogP contribution in [0.5, 0.6) is 0 Å². The molecule has 0 aliphatic carbocycles. The number of fused-ring (bicyclic) bond motifs is 3. The number of carbonyl (C=O) groups excluding carboxylic acids is 1. The third kappa shape index (κ3) is 2.83. The number of ether oxygens (including phenoxy) is 1. The monoisotopic (exact) mass is 348 g/mol. The Hall–Kier alpha value is -1.50. The van der Waals surface area contributed by atoms with E-state index in [1.807, 2.05) is 6.07 Å². The second-order valence-electron chi connectivity index (χ2n) is 6.74. The van der Waals surface area contributed by atoms with E-state index in [1.165, 1.54) is 30.2 Å². The highest BCUT2D eigenvalue weighted by Gasteiger charge is 2.34. The molecule has 4 nitrogen and oxygen atoms in total. The second-order valence-corrected chi connectivity index (χ2v) is 7.79. The van der Waals surface area contributed by atoms with Crippen LogP contribution in [0.3, 0.4) is 0 Å². The summed E-state index contributed by atoms with van der Waals surface area (Å²) < 4.78 is 20.2. The number of hydrogen-bond donors (Lipinski definition) is 2. The van der Waals surface area contributed by atoms with Crippen molar-refractivity contribution in [2.75, 3.05) is 7.11 Å². The van der Waals surface area contributed by atoms with Crippen LogP contribution in [0.2, 0.25) is 0 Å². The largest absolute Gasteiger partial charge is 0.380 e. The van der Waals surface area contributed by atoms with Crippen LogP contribution in [0, 0.1) is 5.82 Å². The van der Waals surface area contributed by atoms with E-state index in [4.69, 9.17) is 4.74 Å². The summed E-state index contributed by atoms with van der Waals surface area (Å²) in [6, 6.07) is 6.20. The quantitative estimate of drug-likeness (QED) is 0.892. The molecule has 2 aliphatic rings. The van der Waals surface area contributed by atoms with E-state index in [1.54, 1.807) is 13.2 Å². The summed E-state index contributed by atoms with van der Waals surface area (Å²) in [6.45, 7) is 0.237. The van der Waals surface area contributed by atoms with Crippen molar-refractivity contribution in [3.05, 3.63) is 34.5 Å². The lowest BCUT2D eigenvalue weighted by molar-refractivity contribution is 0.0924. The first-order chi connectivity index (χ1) is 11.7. The van der Waals surface area contributed by atoms with E-state index in [0.717, 1.165) is 17.5 Å². The topological polar surface area (TPSA) is 50.4 Å². The third-order valence-corrected chi connectivity index (χ3v) is 6.26. The highest BCUT2D eigenvalue weighted by Crippen LogP contribution is 2.34. The molecule has 2 aromatic rings. The molecular formula is C18H21FN2O2S. The Balaban J connectivity index is 1.61. The average molecular weight is 348 g/mol. The van der Waals surface area contributed by atoms with Crippen molar-refractivity contribution in [1.82, 2.24) is 10.6 Å². The minimum atomic E-state index is -0.297. The molecule has 2 atom stereocenters. The smallest absolute Gasteiger partial charge is 0.261 e. The van der Waals surface area contributed by atoms with Gasteiger partial charge in [-0.25, -0.2) is 4.39 Å². The number of nitrogens with one attached hydrogen (secondary N) is 2. The van der Waals surface area contributed by atoms with Crippen LogP contribution >= 0.6 is 11.3 Å². The van der Waals surface area contributed by atoms with Gasteiger partial charge in [0, 0.05) is 40.9 Å². The first-order valence-corrected chi connectivity index (χ1v) is 9.23. The summed E-state index contributed by atoms with van der Waals surface area (Å²) >= 11 is 1.34. The van der Waals surface area contributed by atoms with Gasteiger partial charge in [0.2, 0.25) is 0 Å². The maximum absolute atomic E-state index is 14.2. The van der Waals surface area contributed by atoms with Crippen LogP contribution in [0.25, 0.3) is 10.1 Å². The third-order valence-electron chi connectivity index (χ3n) is 5.07. The van der Waals surface area contributed by atoms with Gasteiger partial charge >= 0.3 is 0 Å². The molecule has 128 valence electrons. The van der Waals surface area contributed by atoms with Crippen molar-refractivity contribution in [2.45, 2.75) is 50.4 Å². The fourth-order valence-corrected chi connectivity index (χ4v) is 5.18. The van der Waals surface area contributed by atoms with Gasteiger partial charge in [-0.3, -0.25) is 4.79 Å². The Morgan fingerprint density at radius 2 is 2.12 bits per heavy atom. The molecule has 1 aromatic carbocycles. The number of thiophene rings is 1. The zero-order valence-electron chi connectivity index (χ0n) is 13.6. The molecule has 4 rings (SSSR count). The van der Waals surface area contributed by atoms with Gasteiger partial charge in [0.15, 0.2) is 0 Å². The fraction of sp³-hybridized carbons (Fsp3) is 0.500. The summed E-state index contributed by atoms with van der Waals surface area (Å²) in [4.78, 5) is 13.4. The molecule has 2 aliphatic heterocycles. The molecule has 2 N–H and O–H groups in total. The molecule has 24 heavy (non-hydrogen) atoms. The maximum atomic E-state index is 14.2. The van der Waals surface area contributed by atoms with Crippen LogP contribution < -0.4 is 10.6 Å². The Morgan fingerprint density at radius 3 is 2.83 bits per heavy atom. The lowest BCUT2D eigenvalue weighted by Gasteiger charge is -2.29. The number of benzene rings is 1. The van der Waals surface area contributed by atoms with E-state index >= 15 is 0 Å². The molecule has 2 fully saturated rings. The molecular weight excluding hydrogens is 327 g/mol. The Kier molecular flexibility index (Phi) is 4.28. The molecule has 6 heteroatoms. The van der Waals surface area contributed by atoms with E-state index in [-0.39, 0.29) is 24.4 Å². The van der Waals surface area contributed by atoms with Gasteiger partial charge in [0.1, 0.15) is 5.82 Å². The minimum absolute atomic E-state index is 0.103. The van der Waals surface area contributed by atoms with E-state index in [2.05, 4.69) is 10.6 Å². The molecule has 2 saturated heterocycles. The number of methoxy groups -OCH3 is 1. The van der Waals surface area contributed by atoms with E-state index < -0.39 is 0 Å². The van der Waals surface area contributed by atoms with E-state index in [9.17, 15) is 9.18 Å².